The average Bonchev–Trinajstić information content (AvgIpc) is 2.62. The van der Waals surface area contributed by atoms with Crippen LogP contribution in [0.5, 0.6) is 0 Å². The van der Waals surface area contributed by atoms with Gasteiger partial charge in [-0.15, -0.1) is 0 Å². The molecule has 0 saturated carbocycles. The molecule has 0 aliphatic carbocycles. The largest absolute Gasteiger partial charge is 0.338 e. The number of carbonyl (C=O) groups is 1. The number of amides is 2. The second-order valence-electron chi connectivity index (χ2n) is 2.97. The molecule has 2 N–H and O–H groups in total. The van der Waals surface area contributed by atoms with E-state index in [9.17, 15) is 4.79 Å². The van der Waals surface area contributed by atoms with Gasteiger partial charge in [0.25, 0.3) is 0 Å². The second-order valence-corrected chi connectivity index (χ2v) is 2.97. The molecule has 0 unspecified atom stereocenters. The molecule has 2 amide bonds. The van der Waals surface area contributed by atoms with E-state index in [1.165, 1.54) is 0 Å². The molecular formula is C9H16N4O. The molecule has 5 heteroatoms. The third-order valence-corrected chi connectivity index (χ3v) is 1.75. The van der Waals surface area contributed by atoms with Crippen LogP contribution in [-0.2, 0) is 6.54 Å². The first kappa shape index (κ1) is 10.6. The van der Waals surface area contributed by atoms with Crippen LogP contribution in [0.4, 0.5) is 10.5 Å². The van der Waals surface area contributed by atoms with Crippen LogP contribution < -0.4 is 10.6 Å². The number of nitrogens with one attached hydrogen (secondary N) is 2. The van der Waals surface area contributed by atoms with Crippen LogP contribution in [0.15, 0.2) is 12.4 Å². The third-order valence-electron chi connectivity index (χ3n) is 1.75. The summed E-state index contributed by atoms with van der Waals surface area (Å²) in [5.74, 6) is 0. The predicted molar refractivity (Wildman–Crippen MR) is 55.2 cm³/mol. The first-order valence-corrected chi connectivity index (χ1v) is 4.83. The van der Waals surface area contributed by atoms with E-state index in [1.807, 2.05) is 13.8 Å². The number of aromatic nitrogens is 2. The van der Waals surface area contributed by atoms with Crippen LogP contribution in [0.3, 0.4) is 0 Å². The standard InChI is InChI=1S/C9H16N4O/c1-3-5-10-9(14)12-8-6-11-13(4-2)7-8/h6-7H,3-5H2,1-2H3,(H2,10,12,14). The van der Waals surface area contributed by atoms with Gasteiger partial charge in [-0.05, 0) is 13.3 Å². The van der Waals surface area contributed by atoms with E-state index in [0.717, 1.165) is 18.7 Å². The monoisotopic (exact) mass is 196 g/mol. The van der Waals surface area contributed by atoms with Crippen molar-refractivity contribution < 1.29 is 4.79 Å². The van der Waals surface area contributed by atoms with Gasteiger partial charge in [-0.3, -0.25) is 4.68 Å². The first-order valence-electron chi connectivity index (χ1n) is 4.83. The summed E-state index contributed by atoms with van der Waals surface area (Å²) in [5.41, 5.74) is 0.723. The van der Waals surface area contributed by atoms with E-state index in [0.29, 0.717) is 6.54 Å². The zero-order valence-corrected chi connectivity index (χ0v) is 8.58. The van der Waals surface area contributed by atoms with Gasteiger partial charge in [-0.2, -0.15) is 5.10 Å². The summed E-state index contributed by atoms with van der Waals surface area (Å²) in [5, 5.41) is 9.46. The van der Waals surface area contributed by atoms with Gasteiger partial charge < -0.3 is 10.6 Å². The molecule has 0 aromatic carbocycles. The second kappa shape index (κ2) is 5.26. The molecule has 0 saturated heterocycles. The molecule has 1 aromatic rings. The molecule has 14 heavy (non-hydrogen) atoms. The molecule has 1 heterocycles. The van der Waals surface area contributed by atoms with Crippen molar-refractivity contribution in [1.29, 1.82) is 0 Å². The Morgan fingerprint density at radius 3 is 2.93 bits per heavy atom. The normalized spacial score (nSPS) is 9.86. The number of anilines is 1. The summed E-state index contributed by atoms with van der Waals surface area (Å²) >= 11 is 0. The summed E-state index contributed by atoms with van der Waals surface area (Å²) in [6, 6.07) is -0.178. The van der Waals surface area contributed by atoms with Crippen LogP contribution in [0.1, 0.15) is 20.3 Å². The number of aryl methyl sites for hydroxylation is 1. The minimum absolute atomic E-state index is 0.178. The average molecular weight is 196 g/mol. The van der Waals surface area contributed by atoms with Gasteiger partial charge in [0.1, 0.15) is 0 Å². The van der Waals surface area contributed by atoms with Crippen molar-refractivity contribution in [3.63, 3.8) is 0 Å². The van der Waals surface area contributed by atoms with E-state index >= 15 is 0 Å². The summed E-state index contributed by atoms with van der Waals surface area (Å²) in [4.78, 5) is 11.2. The topological polar surface area (TPSA) is 59.0 Å². The Labute approximate surface area is 83.5 Å². The summed E-state index contributed by atoms with van der Waals surface area (Å²) in [6.07, 6.45) is 4.36. The van der Waals surface area contributed by atoms with Crippen molar-refractivity contribution in [3.8, 4) is 0 Å². The highest BCUT2D eigenvalue weighted by molar-refractivity contribution is 5.88. The molecule has 0 atom stereocenters. The highest BCUT2D eigenvalue weighted by atomic mass is 16.2. The van der Waals surface area contributed by atoms with Gasteiger partial charge in [0, 0.05) is 19.3 Å². The van der Waals surface area contributed by atoms with Gasteiger partial charge in [0.05, 0.1) is 11.9 Å². The molecule has 1 aromatic heterocycles. The summed E-state index contributed by atoms with van der Waals surface area (Å²) < 4.78 is 1.76. The molecule has 0 bridgehead atoms. The van der Waals surface area contributed by atoms with E-state index in [-0.39, 0.29) is 6.03 Å². The lowest BCUT2D eigenvalue weighted by atomic mass is 10.5. The van der Waals surface area contributed by atoms with Gasteiger partial charge >= 0.3 is 6.03 Å². The van der Waals surface area contributed by atoms with Crippen LogP contribution in [-0.4, -0.2) is 22.4 Å². The van der Waals surface area contributed by atoms with Gasteiger partial charge in [-0.1, -0.05) is 6.92 Å². The molecule has 0 spiro atoms. The lowest BCUT2D eigenvalue weighted by Crippen LogP contribution is -2.28. The van der Waals surface area contributed by atoms with Gasteiger partial charge in [0.15, 0.2) is 0 Å². The Balaban J connectivity index is 2.39. The lowest BCUT2D eigenvalue weighted by molar-refractivity contribution is 0.252. The maximum Gasteiger partial charge on any atom is 0.319 e. The lowest BCUT2D eigenvalue weighted by Gasteiger charge is -2.03. The van der Waals surface area contributed by atoms with Crippen LogP contribution in [0.2, 0.25) is 0 Å². The van der Waals surface area contributed by atoms with Crippen LogP contribution >= 0.6 is 0 Å². The Bertz CT molecular complexity index is 295. The van der Waals surface area contributed by atoms with E-state index in [1.54, 1.807) is 17.1 Å². The van der Waals surface area contributed by atoms with Crippen LogP contribution in [0, 0.1) is 0 Å². The van der Waals surface area contributed by atoms with Crippen molar-refractivity contribution in [3.05, 3.63) is 12.4 Å². The van der Waals surface area contributed by atoms with Crippen molar-refractivity contribution in [1.82, 2.24) is 15.1 Å². The highest BCUT2D eigenvalue weighted by Gasteiger charge is 2.01. The number of rotatable bonds is 4. The molecule has 5 nitrogen and oxygen atoms in total. The number of nitrogens with zero attached hydrogens (tertiary/aromatic N) is 2. The van der Waals surface area contributed by atoms with Crippen molar-refractivity contribution in [2.75, 3.05) is 11.9 Å². The fourth-order valence-electron chi connectivity index (χ4n) is 1.01. The van der Waals surface area contributed by atoms with E-state index in [4.69, 9.17) is 0 Å². The number of hydrogen-bond donors (Lipinski definition) is 2. The zero-order chi connectivity index (χ0) is 10.4. The predicted octanol–water partition coefficient (Wildman–Crippen LogP) is 1.43. The Morgan fingerprint density at radius 1 is 1.57 bits per heavy atom. The summed E-state index contributed by atoms with van der Waals surface area (Å²) in [6.45, 7) is 5.50. The fraction of sp³-hybridized carbons (Fsp3) is 0.556. The van der Waals surface area contributed by atoms with Crippen molar-refractivity contribution in [2.24, 2.45) is 0 Å². The summed E-state index contributed by atoms with van der Waals surface area (Å²) in [7, 11) is 0. The quantitative estimate of drug-likeness (QED) is 0.765. The van der Waals surface area contributed by atoms with Gasteiger partial charge in [0.2, 0.25) is 0 Å². The maximum atomic E-state index is 11.2. The first-order chi connectivity index (χ1) is 6.76. The number of carbonyl (C=O) groups excluding carboxylic acids is 1. The highest BCUT2D eigenvalue weighted by Crippen LogP contribution is 2.03. The van der Waals surface area contributed by atoms with Crippen molar-refractivity contribution >= 4 is 11.7 Å². The minimum atomic E-state index is -0.178. The minimum Gasteiger partial charge on any atom is -0.338 e. The number of urea groups is 1. The Morgan fingerprint density at radius 2 is 2.36 bits per heavy atom. The molecule has 0 fully saturated rings. The number of hydrogen-bond acceptors (Lipinski definition) is 2. The Kier molecular flexibility index (Phi) is 3.97. The molecule has 78 valence electrons. The third kappa shape index (κ3) is 3.08. The van der Waals surface area contributed by atoms with Gasteiger partial charge in [-0.25, -0.2) is 4.79 Å². The smallest absolute Gasteiger partial charge is 0.319 e. The fourth-order valence-corrected chi connectivity index (χ4v) is 1.01. The van der Waals surface area contributed by atoms with Crippen molar-refractivity contribution in [2.45, 2.75) is 26.8 Å². The molecular weight excluding hydrogens is 180 g/mol. The molecule has 1 rings (SSSR count). The molecule has 0 aliphatic rings. The Hall–Kier alpha value is -1.52. The zero-order valence-electron chi connectivity index (χ0n) is 8.58. The molecule has 0 aliphatic heterocycles. The SMILES string of the molecule is CCCNC(=O)Nc1cnn(CC)c1. The van der Waals surface area contributed by atoms with Crippen LogP contribution in [0.25, 0.3) is 0 Å². The molecule has 0 radical (unpaired) electrons. The maximum absolute atomic E-state index is 11.2. The van der Waals surface area contributed by atoms with E-state index in [2.05, 4.69) is 15.7 Å². The van der Waals surface area contributed by atoms with E-state index < -0.39 is 0 Å².